The Kier molecular flexibility index (Phi) is 7.82. The normalized spacial score (nSPS) is 15.2. The number of ether oxygens (including phenoxy) is 4. The standard InChI is InChI=1S/C25H33NO5/c1-17-6-7-22(18(2)12-17)31-16-20(27)15-26-10-8-19(9-11-26)25-23(29-4)13-21(28-3)14-24(25)30-5/h6-8,12-14,20,27H,9-11,15-16H2,1-5H3. The van der Waals surface area contributed by atoms with Gasteiger partial charge in [0.15, 0.2) is 0 Å². The van der Waals surface area contributed by atoms with Crippen molar-refractivity contribution in [1.82, 2.24) is 4.90 Å². The van der Waals surface area contributed by atoms with Gasteiger partial charge < -0.3 is 24.1 Å². The molecule has 0 amide bonds. The van der Waals surface area contributed by atoms with Crippen molar-refractivity contribution in [3.8, 4) is 23.0 Å². The number of hydrogen-bond acceptors (Lipinski definition) is 6. The smallest absolute Gasteiger partial charge is 0.133 e. The molecule has 1 aliphatic rings. The van der Waals surface area contributed by atoms with Crippen LogP contribution in [-0.4, -0.2) is 63.7 Å². The van der Waals surface area contributed by atoms with E-state index in [1.165, 1.54) is 11.1 Å². The molecule has 1 unspecified atom stereocenters. The number of aryl methyl sites for hydroxylation is 2. The Balaban J connectivity index is 1.61. The molecule has 1 N–H and O–H groups in total. The molecule has 6 heteroatoms. The third-order valence-corrected chi connectivity index (χ3v) is 5.56. The van der Waals surface area contributed by atoms with Gasteiger partial charge in [0, 0.05) is 31.8 Å². The van der Waals surface area contributed by atoms with Crippen LogP contribution in [0.25, 0.3) is 5.57 Å². The third-order valence-electron chi connectivity index (χ3n) is 5.56. The van der Waals surface area contributed by atoms with Crippen LogP contribution in [0.1, 0.15) is 23.1 Å². The number of methoxy groups -OCH3 is 3. The van der Waals surface area contributed by atoms with Gasteiger partial charge in [-0.3, -0.25) is 4.90 Å². The molecule has 0 bridgehead atoms. The molecule has 0 fully saturated rings. The summed E-state index contributed by atoms with van der Waals surface area (Å²) in [5, 5.41) is 10.5. The van der Waals surface area contributed by atoms with Crippen molar-refractivity contribution in [2.24, 2.45) is 0 Å². The number of β-amino-alcohol motifs (C(OH)–C–C–N with tert-alkyl or cyclic N) is 1. The van der Waals surface area contributed by atoms with Gasteiger partial charge in [-0.1, -0.05) is 23.8 Å². The molecule has 0 saturated carbocycles. The van der Waals surface area contributed by atoms with Crippen LogP contribution in [0, 0.1) is 13.8 Å². The maximum Gasteiger partial charge on any atom is 0.133 e. The molecule has 1 heterocycles. The van der Waals surface area contributed by atoms with Gasteiger partial charge in [0.1, 0.15) is 35.7 Å². The Labute approximate surface area is 185 Å². The van der Waals surface area contributed by atoms with Crippen LogP contribution in [0.5, 0.6) is 23.0 Å². The molecule has 0 radical (unpaired) electrons. The SMILES string of the molecule is COc1cc(OC)c(C2=CCN(CC(O)COc3ccc(C)cc3C)CC2)c(OC)c1. The lowest BCUT2D eigenvalue weighted by Gasteiger charge is -2.29. The second kappa shape index (κ2) is 10.6. The first-order chi connectivity index (χ1) is 14.9. The van der Waals surface area contributed by atoms with Crippen LogP contribution < -0.4 is 18.9 Å². The average Bonchev–Trinajstić information content (AvgIpc) is 2.78. The molecule has 2 aromatic carbocycles. The lowest BCUT2D eigenvalue weighted by Crippen LogP contribution is -2.38. The third kappa shape index (κ3) is 5.71. The number of nitrogens with zero attached hydrogens (tertiary/aromatic N) is 1. The molecule has 0 aromatic heterocycles. The van der Waals surface area contributed by atoms with E-state index in [4.69, 9.17) is 18.9 Å². The fourth-order valence-corrected chi connectivity index (χ4v) is 3.92. The van der Waals surface area contributed by atoms with Crippen LogP contribution in [0.3, 0.4) is 0 Å². The Morgan fingerprint density at radius 1 is 0.968 bits per heavy atom. The fourth-order valence-electron chi connectivity index (χ4n) is 3.92. The molecule has 1 atom stereocenters. The van der Waals surface area contributed by atoms with Gasteiger partial charge in [0.05, 0.1) is 26.9 Å². The Hall–Kier alpha value is -2.70. The Morgan fingerprint density at radius 2 is 1.68 bits per heavy atom. The molecule has 31 heavy (non-hydrogen) atoms. The molecule has 0 aliphatic carbocycles. The number of hydrogen-bond donors (Lipinski definition) is 1. The Bertz CT molecular complexity index is 899. The van der Waals surface area contributed by atoms with E-state index < -0.39 is 6.10 Å². The van der Waals surface area contributed by atoms with Crippen molar-refractivity contribution in [3.63, 3.8) is 0 Å². The van der Waals surface area contributed by atoms with Gasteiger partial charge in [0.2, 0.25) is 0 Å². The molecule has 3 rings (SSSR count). The lowest BCUT2D eigenvalue weighted by atomic mass is 9.97. The first-order valence-electron chi connectivity index (χ1n) is 10.5. The Morgan fingerprint density at radius 3 is 2.23 bits per heavy atom. The summed E-state index contributed by atoms with van der Waals surface area (Å²) in [6, 6.07) is 9.81. The summed E-state index contributed by atoms with van der Waals surface area (Å²) in [7, 11) is 4.93. The van der Waals surface area contributed by atoms with Gasteiger partial charge in [-0.15, -0.1) is 0 Å². The van der Waals surface area contributed by atoms with E-state index in [-0.39, 0.29) is 6.61 Å². The molecule has 168 valence electrons. The number of rotatable bonds is 9. The van der Waals surface area contributed by atoms with Crippen LogP contribution in [0.4, 0.5) is 0 Å². The quantitative estimate of drug-likeness (QED) is 0.656. The summed E-state index contributed by atoms with van der Waals surface area (Å²) in [4.78, 5) is 2.22. The number of benzene rings is 2. The molecule has 2 aromatic rings. The van der Waals surface area contributed by atoms with Crippen molar-refractivity contribution in [3.05, 3.63) is 53.1 Å². The minimum Gasteiger partial charge on any atom is -0.496 e. The van der Waals surface area contributed by atoms with E-state index in [9.17, 15) is 5.11 Å². The van der Waals surface area contributed by atoms with E-state index in [2.05, 4.69) is 24.0 Å². The van der Waals surface area contributed by atoms with E-state index in [1.807, 2.05) is 31.2 Å². The molecule has 0 spiro atoms. The summed E-state index contributed by atoms with van der Waals surface area (Å²) >= 11 is 0. The monoisotopic (exact) mass is 427 g/mol. The zero-order valence-corrected chi connectivity index (χ0v) is 19.1. The fraction of sp³-hybridized carbons (Fsp3) is 0.440. The van der Waals surface area contributed by atoms with Crippen LogP contribution in [-0.2, 0) is 0 Å². The molecule has 1 aliphatic heterocycles. The second-order valence-corrected chi connectivity index (χ2v) is 7.88. The first kappa shape index (κ1) is 23.0. The second-order valence-electron chi connectivity index (χ2n) is 7.88. The highest BCUT2D eigenvalue weighted by Gasteiger charge is 2.22. The van der Waals surface area contributed by atoms with E-state index in [0.29, 0.717) is 12.3 Å². The zero-order chi connectivity index (χ0) is 22.4. The molecular formula is C25H33NO5. The minimum absolute atomic E-state index is 0.275. The maximum atomic E-state index is 10.5. The van der Waals surface area contributed by atoms with Crippen molar-refractivity contribution in [2.75, 3.05) is 47.6 Å². The topological polar surface area (TPSA) is 60.4 Å². The average molecular weight is 428 g/mol. The predicted octanol–water partition coefficient (Wildman–Crippen LogP) is 3.86. The number of aliphatic hydroxyl groups excluding tert-OH is 1. The summed E-state index contributed by atoms with van der Waals surface area (Å²) in [5.41, 5.74) is 4.42. The van der Waals surface area contributed by atoms with E-state index in [0.717, 1.165) is 47.9 Å². The van der Waals surface area contributed by atoms with Gasteiger partial charge in [0.25, 0.3) is 0 Å². The predicted molar refractivity (Wildman–Crippen MR) is 123 cm³/mol. The summed E-state index contributed by atoms with van der Waals surface area (Å²) in [6.07, 6.45) is 2.46. The number of aliphatic hydroxyl groups is 1. The summed E-state index contributed by atoms with van der Waals surface area (Å²) in [6.45, 7) is 6.50. The van der Waals surface area contributed by atoms with Crippen LogP contribution in [0.2, 0.25) is 0 Å². The maximum absolute atomic E-state index is 10.5. The largest absolute Gasteiger partial charge is 0.496 e. The summed E-state index contributed by atoms with van der Waals surface area (Å²) in [5.74, 6) is 2.99. The molecule has 6 nitrogen and oxygen atoms in total. The lowest BCUT2D eigenvalue weighted by molar-refractivity contribution is 0.0714. The minimum atomic E-state index is -0.555. The molecule has 0 saturated heterocycles. The van der Waals surface area contributed by atoms with Gasteiger partial charge in [-0.05, 0) is 37.5 Å². The van der Waals surface area contributed by atoms with E-state index in [1.54, 1.807) is 21.3 Å². The highest BCUT2D eigenvalue weighted by atomic mass is 16.5. The van der Waals surface area contributed by atoms with Gasteiger partial charge in [-0.25, -0.2) is 0 Å². The zero-order valence-electron chi connectivity index (χ0n) is 19.1. The van der Waals surface area contributed by atoms with Gasteiger partial charge >= 0.3 is 0 Å². The first-order valence-corrected chi connectivity index (χ1v) is 10.5. The highest BCUT2D eigenvalue weighted by molar-refractivity contribution is 5.77. The highest BCUT2D eigenvalue weighted by Crippen LogP contribution is 2.40. The molecular weight excluding hydrogens is 394 g/mol. The van der Waals surface area contributed by atoms with Crippen LogP contribution in [0.15, 0.2) is 36.4 Å². The van der Waals surface area contributed by atoms with Crippen LogP contribution >= 0.6 is 0 Å². The van der Waals surface area contributed by atoms with Gasteiger partial charge in [-0.2, -0.15) is 0 Å². The van der Waals surface area contributed by atoms with Crippen molar-refractivity contribution in [2.45, 2.75) is 26.4 Å². The van der Waals surface area contributed by atoms with Crippen molar-refractivity contribution >= 4 is 5.57 Å². The van der Waals surface area contributed by atoms with E-state index >= 15 is 0 Å². The summed E-state index contributed by atoms with van der Waals surface area (Å²) < 4.78 is 22.4. The van der Waals surface area contributed by atoms with Crippen molar-refractivity contribution < 1.29 is 24.1 Å². The van der Waals surface area contributed by atoms with Crippen molar-refractivity contribution in [1.29, 1.82) is 0 Å².